The van der Waals surface area contributed by atoms with Crippen LogP contribution in [0.1, 0.15) is 5.76 Å². The molecule has 2 heterocycles. The molecule has 0 aromatic carbocycles. The number of aromatic nitrogens is 1. The first-order valence-corrected chi connectivity index (χ1v) is 5.80. The van der Waals surface area contributed by atoms with Gasteiger partial charge < -0.3 is 9.15 Å². The molecule has 0 radical (unpaired) electrons. The van der Waals surface area contributed by atoms with E-state index in [1.54, 1.807) is 6.07 Å². The number of methoxy groups -OCH3 is 1. The van der Waals surface area contributed by atoms with Crippen LogP contribution in [0, 0.1) is 0 Å². The summed E-state index contributed by atoms with van der Waals surface area (Å²) in [4.78, 5) is 11.5. The maximum Gasteiger partial charge on any atom is 0.354 e. The summed E-state index contributed by atoms with van der Waals surface area (Å²) in [6.07, 6.45) is 3.79. The van der Waals surface area contributed by atoms with E-state index in [1.807, 2.05) is 35.2 Å². The van der Waals surface area contributed by atoms with Crippen LogP contribution >= 0.6 is 15.9 Å². The van der Waals surface area contributed by atoms with E-state index in [2.05, 4.69) is 15.9 Å². The van der Waals surface area contributed by atoms with Gasteiger partial charge in [-0.15, -0.1) is 0 Å². The van der Waals surface area contributed by atoms with E-state index in [0.717, 1.165) is 0 Å². The van der Waals surface area contributed by atoms with Gasteiger partial charge in [-0.2, -0.15) is 4.57 Å². The van der Waals surface area contributed by atoms with E-state index in [9.17, 15) is 4.79 Å². The van der Waals surface area contributed by atoms with Crippen LogP contribution in [0.3, 0.4) is 0 Å². The van der Waals surface area contributed by atoms with Crippen molar-refractivity contribution in [3.8, 4) is 5.75 Å². The zero-order valence-corrected chi connectivity index (χ0v) is 10.8. The third-order valence-electron chi connectivity index (χ3n) is 2.25. The highest BCUT2D eigenvalue weighted by molar-refractivity contribution is 9.10. The fourth-order valence-electron chi connectivity index (χ4n) is 1.45. The molecule has 5 heteroatoms. The number of ether oxygens (including phenoxy) is 1. The highest BCUT2D eigenvalue weighted by Crippen LogP contribution is 2.21. The lowest BCUT2D eigenvalue weighted by Crippen LogP contribution is -2.33. The molecule has 0 saturated carbocycles. The van der Waals surface area contributed by atoms with Crippen LogP contribution in [-0.2, 0) is 6.54 Å². The number of pyridine rings is 1. The van der Waals surface area contributed by atoms with Crippen molar-refractivity contribution < 1.29 is 13.7 Å². The van der Waals surface area contributed by atoms with Gasteiger partial charge in [0.25, 0.3) is 0 Å². The highest BCUT2D eigenvalue weighted by Gasteiger charge is 2.12. The number of rotatable bonds is 3. The molecule has 0 spiro atoms. The summed E-state index contributed by atoms with van der Waals surface area (Å²) in [5.74, 6) is 1.03. The quantitative estimate of drug-likeness (QED) is 0.811. The predicted octanol–water partition coefficient (Wildman–Crippen LogP) is 1.75. The molecular formula is C12H11BrNO3+. The lowest BCUT2D eigenvalue weighted by atomic mass is 10.3. The molecule has 0 atom stereocenters. The molecule has 0 saturated heterocycles. The monoisotopic (exact) mass is 296 g/mol. The second kappa shape index (κ2) is 5.14. The second-order valence-corrected chi connectivity index (χ2v) is 4.22. The van der Waals surface area contributed by atoms with Gasteiger partial charge in [-0.25, -0.2) is 4.79 Å². The minimum absolute atomic E-state index is 0.307. The van der Waals surface area contributed by atoms with E-state index >= 15 is 0 Å². The average Bonchev–Trinajstić information content (AvgIpc) is 2.35. The van der Waals surface area contributed by atoms with Crippen LogP contribution in [0.15, 0.2) is 50.3 Å². The molecule has 4 nitrogen and oxygen atoms in total. The highest BCUT2D eigenvalue weighted by atomic mass is 79.9. The Morgan fingerprint density at radius 1 is 1.35 bits per heavy atom. The summed E-state index contributed by atoms with van der Waals surface area (Å²) >= 11 is 3.12. The van der Waals surface area contributed by atoms with Gasteiger partial charge in [-0.3, -0.25) is 0 Å². The van der Waals surface area contributed by atoms with Crippen LogP contribution in [-0.4, -0.2) is 7.11 Å². The summed E-state index contributed by atoms with van der Waals surface area (Å²) in [5.41, 5.74) is -0.434. The van der Waals surface area contributed by atoms with Gasteiger partial charge in [0.1, 0.15) is 10.2 Å². The van der Waals surface area contributed by atoms with Crippen LogP contribution in [0.2, 0.25) is 0 Å². The minimum atomic E-state index is -0.434. The van der Waals surface area contributed by atoms with Crippen molar-refractivity contribution in [2.24, 2.45) is 0 Å². The van der Waals surface area contributed by atoms with Crippen molar-refractivity contribution in [2.45, 2.75) is 6.54 Å². The molecule has 0 unspecified atom stereocenters. The third kappa shape index (κ3) is 2.74. The number of nitrogens with zero attached hydrogens (tertiary/aromatic N) is 1. The topological polar surface area (TPSA) is 43.3 Å². The van der Waals surface area contributed by atoms with Gasteiger partial charge in [-0.05, 0) is 15.9 Å². The largest absolute Gasteiger partial charge is 0.495 e. The molecule has 0 aliphatic rings. The first-order valence-electron chi connectivity index (χ1n) is 5.01. The molecule has 0 N–H and O–H groups in total. The Morgan fingerprint density at radius 3 is 2.71 bits per heavy atom. The van der Waals surface area contributed by atoms with Gasteiger partial charge in [0.2, 0.25) is 6.54 Å². The Bertz CT molecular complexity index is 566. The van der Waals surface area contributed by atoms with Gasteiger partial charge in [0.05, 0.1) is 7.11 Å². The zero-order chi connectivity index (χ0) is 12.3. The summed E-state index contributed by atoms with van der Waals surface area (Å²) in [7, 11) is 1.51. The molecule has 0 amide bonds. The van der Waals surface area contributed by atoms with Crippen molar-refractivity contribution in [1.29, 1.82) is 0 Å². The van der Waals surface area contributed by atoms with Gasteiger partial charge in [-0.1, -0.05) is 6.07 Å². The first kappa shape index (κ1) is 11.9. The number of hydrogen-bond donors (Lipinski definition) is 0. The van der Waals surface area contributed by atoms with E-state index in [-0.39, 0.29) is 0 Å². The smallest absolute Gasteiger partial charge is 0.354 e. The predicted molar refractivity (Wildman–Crippen MR) is 65.0 cm³/mol. The molecule has 0 aliphatic carbocycles. The van der Waals surface area contributed by atoms with Crippen molar-refractivity contribution in [3.63, 3.8) is 0 Å². The Morgan fingerprint density at radius 2 is 2.06 bits per heavy atom. The standard InChI is InChI=1S/C12H11BrNO3/c1-16-10-7-9(17-12(15)11(10)13)8-14-5-3-2-4-6-14/h2-7H,8H2,1H3/q+1. The van der Waals surface area contributed by atoms with E-state index in [0.29, 0.717) is 22.5 Å². The molecule has 0 fully saturated rings. The van der Waals surface area contributed by atoms with Crippen molar-refractivity contribution in [1.82, 2.24) is 0 Å². The van der Waals surface area contributed by atoms with Gasteiger partial charge in [0.15, 0.2) is 18.2 Å². The van der Waals surface area contributed by atoms with Crippen molar-refractivity contribution in [2.75, 3.05) is 7.11 Å². The molecular weight excluding hydrogens is 286 g/mol. The van der Waals surface area contributed by atoms with E-state index < -0.39 is 5.63 Å². The normalized spacial score (nSPS) is 10.2. The lowest BCUT2D eigenvalue weighted by molar-refractivity contribution is -0.690. The fourth-order valence-corrected chi connectivity index (χ4v) is 1.81. The summed E-state index contributed by atoms with van der Waals surface area (Å²) in [5, 5.41) is 0. The summed E-state index contributed by atoms with van der Waals surface area (Å²) in [6.45, 7) is 0.486. The Balaban J connectivity index is 2.34. The van der Waals surface area contributed by atoms with E-state index in [1.165, 1.54) is 7.11 Å². The molecule has 17 heavy (non-hydrogen) atoms. The Kier molecular flexibility index (Phi) is 3.58. The zero-order valence-electron chi connectivity index (χ0n) is 9.22. The van der Waals surface area contributed by atoms with Crippen LogP contribution in [0.4, 0.5) is 0 Å². The van der Waals surface area contributed by atoms with Gasteiger partial charge in [0, 0.05) is 18.2 Å². The summed E-state index contributed by atoms with van der Waals surface area (Å²) in [6, 6.07) is 7.45. The van der Waals surface area contributed by atoms with Crippen LogP contribution in [0.25, 0.3) is 0 Å². The first-order chi connectivity index (χ1) is 8.20. The molecule has 88 valence electrons. The maximum absolute atomic E-state index is 11.5. The Hall–Kier alpha value is -1.62. The van der Waals surface area contributed by atoms with E-state index in [4.69, 9.17) is 9.15 Å². The summed E-state index contributed by atoms with van der Waals surface area (Å²) < 4.78 is 12.5. The van der Waals surface area contributed by atoms with Crippen LogP contribution in [0.5, 0.6) is 5.75 Å². The fraction of sp³-hybridized carbons (Fsp3) is 0.167. The molecule has 2 aromatic rings. The molecule has 0 bridgehead atoms. The second-order valence-electron chi connectivity index (χ2n) is 3.43. The lowest BCUT2D eigenvalue weighted by Gasteiger charge is -2.03. The minimum Gasteiger partial charge on any atom is -0.495 e. The SMILES string of the molecule is COc1cc(C[n+]2ccccc2)oc(=O)c1Br. The van der Waals surface area contributed by atoms with Gasteiger partial charge >= 0.3 is 5.63 Å². The molecule has 2 rings (SSSR count). The number of hydrogen-bond acceptors (Lipinski definition) is 3. The molecule has 0 aliphatic heterocycles. The molecule has 2 aromatic heterocycles. The van der Waals surface area contributed by atoms with Crippen molar-refractivity contribution >= 4 is 15.9 Å². The Labute approximate surface area is 107 Å². The third-order valence-corrected chi connectivity index (χ3v) is 2.96. The maximum atomic E-state index is 11.5. The van der Waals surface area contributed by atoms with Crippen LogP contribution < -0.4 is 14.9 Å². The number of halogens is 1. The average molecular weight is 297 g/mol. The van der Waals surface area contributed by atoms with Crippen molar-refractivity contribution in [3.05, 3.63) is 57.3 Å².